The van der Waals surface area contributed by atoms with E-state index < -0.39 is 12.0 Å². The van der Waals surface area contributed by atoms with Gasteiger partial charge in [0.15, 0.2) is 16.3 Å². The van der Waals surface area contributed by atoms with Gasteiger partial charge in [-0.15, -0.1) is 0 Å². The Kier molecular flexibility index (Phi) is 9.18. The maximum atomic E-state index is 14.4. The van der Waals surface area contributed by atoms with Crippen LogP contribution in [0.2, 0.25) is 0 Å². The molecule has 46 heavy (non-hydrogen) atoms. The van der Waals surface area contributed by atoms with Crippen LogP contribution < -0.4 is 24.4 Å². The molecule has 0 radical (unpaired) electrons. The molecule has 5 aromatic rings. The Morgan fingerprint density at radius 2 is 1.78 bits per heavy atom. The molecule has 0 spiro atoms. The molecule has 3 heterocycles. The number of hydrogen-bond acceptors (Lipinski definition) is 8. The van der Waals surface area contributed by atoms with Gasteiger partial charge < -0.3 is 23.5 Å². The summed E-state index contributed by atoms with van der Waals surface area (Å²) in [6, 6.07) is 23.0. The highest BCUT2D eigenvalue weighted by Gasteiger charge is 2.36. The number of ether oxygens (including phenoxy) is 4. The molecule has 0 fully saturated rings. The van der Waals surface area contributed by atoms with Gasteiger partial charge in [-0.05, 0) is 37.6 Å². The first kappa shape index (κ1) is 31.1. The highest BCUT2D eigenvalue weighted by Crippen LogP contribution is 2.40. The summed E-state index contributed by atoms with van der Waals surface area (Å²) in [6.45, 7) is 4.99. The van der Waals surface area contributed by atoms with Crippen LogP contribution >= 0.6 is 11.3 Å². The molecule has 0 bridgehead atoms. The number of carbonyl (C=O) groups is 1. The van der Waals surface area contributed by atoms with Crippen molar-refractivity contribution in [1.29, 1.82) is 0 Å². The van der Waals surface area contributed by atoms with Gasteiger partial charge in [0.05, 0.1) is 36.1 Å². The average Bonchev–Trinajstić information content (AvgIpc) is 3.57. The Balaban J connectivity index is 1.53. The molecule has 236 valence electrons. The molecule has 0 N–H and O–H groups in total. The van der Waals surface area contributed by atoms with Crippen LogP contribution in [-0.2, 0) is 20.8 Å². The van der Waals surface area contributed by atoms with Crippen LogP contribution in [0.5, 0.6) is 11.5 Å². The number of nitrogens with zero attached hydrogens (tertiary/aromatic N) is 3. The SMILES string of the molecule is CCOc1c(OC)cccc1[C@@H]1C(C(=O)OCCOC)=C(C)N=c2s/c(=C/c3cn(Cc4ccccc4)c4ccccc34)c(=O)n21. The fourth-order valence-corrected chi connectivity index (χ4v) is 6.86. The molecular weight excluding hydrogens is 602 g/mol. The van der Waals surface area contributed by atoms with Crippen LogP contribution in [-0.4, -0.2) is 49.1 Å². The Morgan fingerprint density at radius 3 is 2.54 bits per heavy atom. The average molecular weight is 638 g/mol. The van der Waals surface area contributed by atoms with Gasteiger partial charge in [-0.3, -0.25) is 9.36 Å². The van der Waals surface area contributed by atoms with Crippen molar-refractivity contribution in [3.8, 4) is 11.5 Å². The van der Waals surface area contributed by atoms with Gasteiger partial charge in [0.2, 0.25) is 0 Å². The summed E-state index contributed by atoms with van der Waals surface area (Å²) in [7, 11) is 3.10. The van der Waals surface area contributed by atoms with Crippen molar-refractivity contribution in [3.05, 3.63) is 127 Å². The highest BCUT2D eigenvalue weighted by atomic mass is 32.1. The van der Waals surface area contributed by atoms with Gasteiger partial charge in [0, 0.05) is 41.9 Å². The van der Waals surface area contributed by atoms with Crippen molar-refractivity contribution in [2.75, 3.05) is 34.0 Å². The molecule has 0 unspecified atom stereocenters. The summed E-state index contributed by atoms with van der Waals surface area (Å²) in [6.07, 6.45) is 3.99. The van der Waals surface area contributed by atoms with E-state index in [9.17, 15) is 9.59 Å². The van der Waals surface area contributed by atoms with E-state index in [0.29, 0.717) is 45.2 Å². The van der Waals surface area contributed by atoms with Crippen molar-refractivity contribution in [2.24, 2.45) is 4.99 Å². The number of para-hydroxylation sites is 2. The first-order valence-corrected chi connectivity index (χ1v) is 15.9. The second-order valence-electron chi connectivity index (χ2n) is 10.7. The zero-order valence-corrected chi connectivity index (χ0v) is 27.0. The largest absolute Gasteiger partial charge is 0.493 e. The third kappa shape index (κ3) is 5.89. The van der Waals surface area contributed by atoms with E-state index >= 15 is 0 Å². The molecule has 0 aliphatic carbocycles. The Hall–Kier alpha value is -4.93. The smallest absolute Gasteiger partial charge is 0.338 e. The van der Waals surface area contributed by atoms with Crippen molar-refractivity contribution in [1.82, 2.24) is 9.13 Å². The number of thiazole rings is 1. The summed E-state index contributed by atoms with van der Waals surface area (Å²) in [4.78, 5) is 33.2. The lowest BCUT2D eigenvalue weighted by Crippen LogP contribution is -2.40. The third-order valence-corrected chi connectivity index (χ3v) is 8.86. The fourth-order valence-electron chi connectivity index (χ4n) is 5.82. The Bertz CT molecular complexity index is 2110. The minimum absolute atomic E-state index is 0.0622. The monoisotopic (exact) mass is 637 g/mol. The minimum Gasteiger partial charge on any atom is -0.493 e. The summed E-state index contributed by atoms with van der Waals surface area (Å²) < 4.78 is 26.6. The second-order valence-corrected chi connectivity index (χ2v) is 11.7. The number of allylic oxidation sites excluding steroid dienone is 1. The van der Waals surface area contributed by atoms with Crippen LogP contribution in [0.1, 0.15) is 36.6 Å². The maximum Gasteiger partial charge on any atom is 0.338 e. The number of fused-ring (bicyclic) bond motifs is 2. The zero-order chi connectivity index (χ0) is 32.2. The first-order chi connectivity index (χ1) is 22.4. The summed E-state index contributed by atoms with van der Waals surface area (Å²) in [5, 5.41) is 1.03. The molecule has 0 amide bonds. The number of aromatic nitrogens is 2. The lowest BCUT2D eigenvalue weighted by molar-refractivity contribution is -0.140. The van der Waals surface area contributed by atoms with Gasteiger partial charge in [-0.2, -0.15) is 0 Å². The van der Waals surface area contributed by atoms with Crippen LogP contribution in [0, 0.1) is 0 Å². The Labute approximate surface area is 270 Å². The summed E-state index contributed by atoms with van der Waals surface area (Å²) in [5.74, 6) is 0.370. The number of carbonyl (C=O) groups excluding carboxylic acids is 1. The van der Waals surface area contributed by atoms with Crippen LogP contribution in [0.25, 0.3) is 17.0 Å². The predicted octanol–water partition coefficient (Wildman–Crippen LogP) is 4.84. The molecule has 9 nitrogen and oxygen atoms in total. The van der Waals surface area contributed by atoms with Gasteiger partial charge in [0.1, 0.15) is 12.6 Å². The van der Waals surface area contributed by atoms with Crippen LogP contribution in [0.4, 0.5) is 0 Å². The Morgan fingerprint density at radius 1 is 1.00 bits per heavy atom. The molecule has 6 rings (SSSR count). The quantitative estimate of drug-likeness (QED) is 0.152. The normalized spacial score (nSPS) is 14.7. The van der Waals surface area contributed by atoms with Crippen molar-refractivity contribution >= 4 is 34.3 Å². The van der Waals surface area contributed by atoms with Gasteiger partial charge in [-0.1, -0.05) is 72.0 Å². The topological polar surface area (TPSA) is 93.3 Å². The first-order valence-electron chi connectivity index (χ1n) is 15.0. The lowest BCUT2D eigenvalue weighted by atomic mass is 9.94. The van der Waals surface area contributed by atoms with Gasteiger partial charge >= 0.3 is 5.97 Å². The van der Waals surface area contributed by atoms with E-state index in [1.54, 1.807) is 24.7 Å². The van der Waals surface area contributed by atoms with Crippen molar-refractivity contribution < 1.29 is 23.7 Å². The minimum atomic E-state index is -0.857. The number of esters is 1. The molecule has 1 atom stereocenters. The third-order valence-electron chi connectivity index (χ3n) is 7.88. The summed E-state index contributed by atoms with van der Waals surface area (Å²) in [5.41, 5.74) is 4.21. The molecule has 0 saturated heterocycles. The van der Waals surface area contributed by atoms with E-state index in [1.165, 1.54) is 24.0 Å². The van der Waals surface area contributed by atoms with E-state index in [4.69, 9.17) is 23.9 Å². The standard InChI is InChI=1S/C36H35N3O6S/c1-5-44-33-27(15-11-17-29(33)43-4)32-31(35(41)45-19-18-42-3)23(2)37-36-39(32)34(40)30(46-36)20-25-22-38(21-24-12-7-6-8-13-24)28-16-10-9-14-26(25)28/h6-17,20,22,32H,5,18-19,21H2,1-4H3/b30-20+/t32-/m1/s1. The van der Waals surface area contributed by atoms with E-state index in [1.807, 2.05) is 55.5 Å². The fraction of sp³-hybridized carbons (Fsp3) is 0.250. The molecule has 3 aromatic carbocycles. The number of rotatable bonds is 11. The molecule has 1 aliphatic rings. The lowest BCUT2D eigenvalue weighted by Gasteiger charge is -2.27. The van der Waals surface area contributed by atoms with Crippen LogP contribution in [0.3, 0.4) is 0 Å². The van der Waals surface area contributed by atoms with E-state index in [-0.39, 0.29) is 24.3 Å². The predicted molar refractivity (Wildman–Crippen MR) is 178 cm³/mol. The number of hydrogen-bond donors (Lipinski definition) is 0. The van der Waals surface area contributed by atoms with Gasteiger partial charge in [-0.25, -0.2) is 9.79 Å². The van der Waals surface area contributed by atoms with Crippen LogP contribution in [0.15, 0.2) is 100 Å². The molecule has 2 aromatic heterocycles. The molecule has 10 heteroatoms. The number of benzene rings is 3. The van der Waals surface area contributed by atoms with Gasteiger partial charge in [0.25, 0.3) is 5.56 Å². The maximum absolute atomic E-state index is 14.4. The molecular formula is C36H35N3O6S. The van der Waals surface area contributed by atoms with Crippen molar-refractivity contribution in [3.63, 3.8) is 0 Å². The highest BCUT2D eigenvalue weighted by molar-refractivity contribution is 7.07. The molecule has 0 saturated carbocycles. The van der Waals surface area contributed by atoms with E-state index in [0.717, 1.165) is 16.5 Å². The molecule has 1 aliphatic heterocycles. The van der Waals surface area contributed by atoms with E-state index in [2.05, 4.69) is 35.0 Å². The number of methoxy groups -OCH3 is 2. The second kappa shape index (κ2) is 13.6. The zero-order valence-electron chi connectivity index (χ0n) is 26.2. The summed E-state index contributed by atoms with van der Waals surface area (Å²) >= 11 is 1.29. The van der Waals surface area contributed by atoms with Crippen molar-refractivity contribution in [2.45, 2.75) is 26.4 Å².